The lowest BCUT2D eigenvalue weighted by atomic mass is 9.93. The minimum Gasteiger partial charge on any atom is -0.440 e. The van der Waals surface area contributed by atoms with Crippen molar-refractivity contribution < 1.29 is 9.21 Å². The summed E-state index contributed by atoms with van der Waals surface area (Å²) in [6.07, 6.45) is 4.12. The van der Waals surface area contributed by atoms with Crippen molar-refractivity contribution in [3.63, 3.8) is 0 Å². The van der Waals surface area contributed by atoms with Crippen LogP contribution in [0.2, 0.25) is 5.02 Å². The summed E-state index contributed by atoms with van der Waals surface area (Å²) in [6, 6.07) is 11.3. The summed E-state index contributed by atoms with van der Waals surface area (Å²) in [6.45, 7) is 0.641. The molecule has 1 aromatic carbocycles. The van der Waals surface area contributed by atoms with Gasteiger partial charge in [0.2, 0.25) is 5.89 Å². The molecule has 2 aromatic heterocycles. The molecule has 1 unspecified atom stereocenters. The highest BCUT2D eigenvalue weighted by Gasteiger charge is 2.33. The fourth-order valence-electron chi connectivity index (χ4n) is 3.09. The lowest BCUT2D eigenvalue weighted by Gasteiger charge is -2.15. The number of hydrogen-bond acceptors (Lipinski definition) is 4. The van der Waals surface area contributed by atoms with Gasteiger partial charge in [-0.1, -0.05) is 23.7 Å². The van der Waals surface area contributed by atoms with Gasteiger partial charge in [0.25, 0.3) is 5.91 Å². The third kappa shape index (κ3) is 2.91. The molecule has 0 fully saturated rings. The number of halogens is 1. The van der Waals surface area contributed by atoms with E-state index in [9.17, 15) is 4.79 Å². The van der Waals surface area contributed by atoms with Crippen LogP contribution in [0.4, 0.5) is 0 Å². The third-order valence-corrected chi connectivity index (χ3v) is 4.72. The molecule has 0 spiro atoms. The number of rotatable bonds is 2. The highest BCUT2D eigenvalue weighted by molar-refractivity contribution is 6.30. The molecule has 25 heavy (non-hydrogen) atoms. The molecule has 126 valence electrons. The lowest BCUT2D eigenvalue weighted by molar-refractivity contribution is 0.0794. The van der Waals surface area contributed by atoms with Crippen LogP contribution in [0.5, 0.6) is 0 Å². The minimum absolute atomic E-state index is 0.0377. The van der Waals surface area contributed by atoms with Gasteiger partial charge >= 0.3 is 0 Å². The Morgan fingerprint density at radius 1 is 1.16 bits per heavy atom. The first-order valence-corrected chi connectivity index (χ1v) is 8.43. The quantitative estimate of drug-likeness (QED) is 0.698. The van der Waals surface area contributed by atoms with Crippen molar-refractivity contribution in [3.05, 3.63) is 70.8 Å². The van der Waals surface area contributed by atoms with Gasteiger partial charge in [-0.3, -0.25) is 9.78 Å². The van der Waals surface area contributed by atoms with Gasteiger partial charge in [0.05, 0.1) is 0 Å². The molecule has 0 aliphatic carbocycles. The van der Waals surface area contributed by atoms with E-state index < -0.39 is 0 Å². The SMILES string of the molecule is CN1CCC(c2ccc(Cl)cc2)c2oc(-c3ccncc3)nc2C1=O. The number of oxazole rings is 1. The molecule has 5 nitrogen and oxygen atoms in total. The maximum atomic E-state index is 12.7. The monoisotopic (exact) mass is 353 g/mol. The molecule has 0 saturated carbocycles. The number of fused-ring (bicyclic) bond motifs is 1. The van der Waals surface area contributed by atoms with Gasteiger partial charge in [0.1, 0.15) is 5.76 Å². The Labute approximate surface area is 150 Å². The number of hydrogen-bond donors (Lipinski definition) is 0. The summed E-state index contributed by atoms with van der Waals surface area (Å²) in [5.74, 6) is 0.901. The second-order valence-electron chi connectivity index (χ2n) is 6.09. The number of nitrogens with zero attached hydrogens (tertiary/aromatic N) is 3. The Hall–Kier alpha value is -2.66. The Morgan fingerprint density at radius 2 is 1.88 bits per heavy atom. The second kappa shape index (κ2) is 6.33. The van der Waals surface area contributed by atoms with Gasteiger partial charge < -0.3 is 9.32 Å². The summed E-state index contributed by atoms with van der Waals surface area (Å²) in [4.78, 5) is 22.9. The first kappa shape index (κ1) is 15.8. The first-order valence-electron chi connectivity index (χ1n) is 8.05. The molecule has 3 heterocycles. The summed E-state index contributed by atoms with van der Waals surface area (Å²) in [7, 11) is 1.79. The molecule has 3 aromatic rings. The number of carbonyl (C=O) groups excluding carboxylic acids is 1. The zero-order valence-electron chi connectivity index (χ0n) is 13.6. The molecule has 1 aliphatic heterocycles. The van der Waals surface area contributed by atoms with Crippen LogP contribution < -0.4 is 0 Å². The van der Waals surface area contributed by atoms with Crippen molar-refractivity contribution in [2.24, 2.45) is 0 Å². The fourth-order valence-corrected chi connectivity index (χ4v) is 3.21. The van der Waals surface area contributed by atoms with Gasteiger partial charge in [0.15, 0.2) is 5.69 Å². The molecule has 6 heteroatoms. The largest absolute Gasteiger partial charge is 0.440 e. The lowest BCUT2D eigenvalue weighted by Crippen LogP contribution is -2.26. The second-order valence-corrected chi connectivity index (χ2v) is 6.52. The molecule has 1 aliphatic rings. The summed E-state index contributed by atoms with van der Waals surface area (Å²) < 4.78 is 6.07. The smallest absolute Gasteiger partial charge is 0.275 e. The van der Waals surface area contributed by atoms with Gasteiger partial charge in [0, 0.05) is 42.5 Å². The van der Waals surface area contributed by atoms with E-state index in [1.54, 1.807) is 24.3 Å². The van der Waals surface area contributed by atoms with Crippen LogP contribution >= 0.6 is 11.6 Å². The maximum absolute atomic E-state index is 12.7. The van der Waals surface area contributed by atoms with Crippen LogP contribution in [0.1, 0.15) is 34.2 Å². The van der Waals surface area contributed by atoms with Gasteiger partial charge in [-0.2, -0.15) is 0 Å². The van der Waals surface area contributed by atoms with Crippen molar-refractivity contribution in [2.45, 2.75) is 12.3 Å². The molecule has 0 bridgehead atoms. The fraction of sp³-hybridized carbons (Fsp3) is 0.211. The Bertz CT molecular complexity index is 906. The van der Waals surface area contributed by atoms with E-state index in [1.807, 2.05) is 36.4 Å². The third-order valence-electron chi connectivity index (χ3n) is 4.47. The first-order chi connectivity index (χ1) is 12.1. The molecule has 1 atom stereocenters. The van der Waals surface area contributed by atoms with Gasteiger partial charge in [-0.15, -0.1) is 0 Å². The van der Waals surface area contributed by atoms with E-state index in [0.717, 1.165) is 17.5 Å². The van der Waals surface area contributed by atoms with Crippen molar-refractivity contribution in [3.8, 4) is 11.5 Å². The standard InChI is InChI=1S/C19H16ClN3O2/c1-23-11-8-15(12-2-4-14(20)5-3-12)17-16(19(23)24)22-18(25-17)13-6-9-21-10-7-13/h2-7,9-10,15H,8,11H2,1H3. The van der Waals surface area contributed by atoms with Crippen molar-refractivity contribution in [1.29, 1.82) is 0 Å². The average molecular weight is 354 g/mol. The normalized spacial score (nSPS) is 17.3. The molecule has 0 N–H and O–H groups in total. The van der Waals surface area contributed by atoms with Gasteiger partial charge in [-0.25, -0.2) is 4.98 Å². The van der Waals surface area contributed by atoms with Crippen LogP contribution in [-0.2, 0) is 0 Å². The van der Waals surface area contributed by atoms with Crippen LogP contribution in [-0.4, -0.2) is 34.4 Å². The molecule has 0 saturated heterocycles. The van der Waals surface area contributed by atoms with E-state index in [4.69, 9.17) is 16.0 Å². The number of aromatic nitrogens is 2. The molecule has 1 amide bonds. The van der Waals surface area contributed by atoms with Crippen molar-refractivity contribution in [2.75, 3.05) is 13.6 Å². The minimum atomic E-state index is -0.115. The summed E-state index contributed by atoms with van der Waals surface area (Å²) >= 11 is 6.01. The zero-order chi connectivity index (χ0) is 17.4. The van der Waals surface area contributed by atoms with E-state index in [0.29, 0.717) is 28.9 Å². The Morgan fingerprint density at radius 3 is 2.60 bits per heavy atom. The molecular formula is C19H16ClN3O2. The van der Waals surface area contributed by atoms with E-state index in [2.05, 4.69) is 9.97 Å². The highest BCUT2D eigenvalue weighted by atomic mass is 35.5. The van der Waals surface area contributed by atoms with Crippen LogP contribution in [0.3, 0.4) is 0 Å². The summed E-state index contributed by atoms with van der Waals surface area (Å²) in [5.41, 5.74) is 2.24. The molecule has 4 rings (SSSR count). The van der Waals surface area contributed by atoms with Gasteiger partial charge in [-0.05, 0) is 36.2 Å². The number of amides is 1. The van der Waals surface area contributed by atoms with Crippen LogP contribution in [0, 0.1) is 0 Å². The highest BCUT2D eigenvalue weighted by Crippen LogP contribution is 2.36. The zero-order valence-corrected chi connectivity index (χ0v) is 14.4. The predicted molar refractivity (Wildman–Crippen MR) is 94.6 cm³/mol. The average Bonchev–Trinajstić information content (AvgIpc) is 3.04. The van der Waals surface area contributed by atoms with Crippen LogP contribution in [0.15, 0.2) is 53.2 Å². The van der Waals surface area contributed by atoms with Crippen LogP contribution in [0.25, 0.3) is 11.5 Å². The predicted octanol–water partition coefficient (Wildman–Crippen LogP) is 4.00. The Balaban J connectivity index is 1.84. The molecule has 0 radical (unpaired) electrons. The Kier molecular flexibility index (Phi) is 4.01. The van der Waals surface area contributed by atoms with E-state index in [-0.39, 0.29) is 11.8 Å². The number of pyridine rings is 1. The topological polar surface area (TPSA) is 59.2 Å². The summed E-state index contributed by atoms with van der Waals surface area (Å²) in [5, 5.41) is 0.681. The van der Waals surface area contributed by atoms with Crippen molar-refractivity contribution >= 4 is 17.5 Å². The molecular weight excluding hydrogens is 338 g/mol. The number of benzene rings is 1. The van der Waals surface area contributed by atoms with Crippen molar-refractivity contribution in [1.82, 2.24) is 14.9 Å². The maximum Gasteiger partial charge on any atom is 0.275 e. The van der Waals surface area contributed by atoms with E-state index in [1.165, 1.54) is 0 Å². The number of carbonyl (C=O) groups is 1. The van der Waals surface area contributed by atoms with E-state index >= 15 is 0 Å².